The van der Waals surface area contributed by atoms with E-state index in [-0.39, 0.29) is 0 Å². The van der Waals surface area contributed by atoms with Gasteiger partial charge in [0.25, 0.3) is 0 Å². The summed E-state index contributed by atoms with van der Waals surface area (Å²) < 4.78 is 6.44. The van der Waals surface area contributed by atoms with Crippen molar-refractivity contribution in [2.24, 2.45) is 0 Å². The molecular formula is C49H36N2O. The van der Waals surface area contributed by atoms with Crippen molar-refractivity contribution in [3.8, 4) is 28.0 Å². The fraction of sp³-hybridized carbons (Fsp3) is 0.0204. The minimum Gasteiger partial charge on any atom is -0.486 e. The SMILES string of the molecule is Nc1ccc2ccc3ccc(-c4ccc(N(c5ccc(-c6ccccc6)cc5)c5ccc6ccccc6c5)cc4)cc3c2c1OCc1ccccc1. The van der Waals surface area contributed by atoms with Crippen molar-refractivity contribution in [3.05, 3.63) is 200 Å². The Bertz CT molecular complexity index is 2670. The van der Waals surface area contributed by atoms with E-state index in [1.807, 2.05) is 24.3 Å². The van der Waals surface area contributed by atoms with Gasteiger partial charge < -0.3 is 15.4 Å². The van der Waals surface area contributed by atoms with Crippen molar-refractivity contribution in [2.75, 3.05) is 10.6 Å². The molecular weight excluding hydrogens is 633 g/mol. The lowest BCUT2D eigenvalue weighted by molar-refractivity contribution is 0.312. The number of nitrogens with two attached hydrogens (primary N) is 1. The van der Waals surface area contributed by atoms with Gasteiger partial charge in [-0.25, -0.2) is 0 Å². The third-order valence-corrected chi connectivity index (χ3v) is 9.89. The third-order valence-electron chi connectivity index (χ3n) is 9.89. The number of ether oxygens (including phenoxy) is 1. The van der Waals surface area contributed by atoms with Crippen LogP contribution in [0.1, 0.15) is 5.56 Å². The van der Waals surface area contributed by atoms with E-state index in [1.54, 1.807) is 0 Å². The molecule has 3 nitrogen and oxygen atoms in total. The van der Waals surface area contributed by atoms with Gasteiger partial charge in [-0.1, -0.05) is 146 Å². The zero-order valence-electron chi connectivity index (χ0n) is 28.6. The van der Waals surface area contributed by atoms with Gasteiger partial charge in [0.1, 0.15) is 6.61 Å². The minimum absolute atomic E-state index is 0.449. The normalized spacial score (nSPS) is 11.2. The molecule has 0 heterocycles. The van der Waals surface area contributed by atoms with E-state index in [0.29, 0.717) is 12.3 Å². The molecule has 9 rings (SSSR count). The van der Waals surface area contributed by atoms with Gasteiger partial charge in [-0.05, 0) is 103 Å². The van der Waals surface area contributed by atoms with E-state index < -0.39 is 0 Å². The van der Waals surface area contributed by atoms with Gasteiger partial charge in [0.15, 0.2) is 5.75 Å². The number of rotatable bonds is 8. The molecule has 0 spiro atoms. The van der Waals surface area contributed by atoms with Crippen LogP contribution in [0.15, 0.2) is 194 Å². The number of nitrogens with zero attached hydrogens (tertiary/aromatic N) is 1. The zero-order valence-corrected chi connectivity index (χ0v) is 28.6. The van der Waals surface area contributed by atoms with Gasteiger partial charge in [-0.2, -0.15) is 0 Å². The van der Waals surface area contributed by atoms with Crippen LogP contribution in [0.3, 0.4) is 0 Å². The second kappa shape index (κ2) is 13.5. The van der Waals surface area contributed by atoms with E-state index in [4.69, 9.17) is 10.5 Å². The Hall–Kier alpha value is -6.84. The first kappa shape index (κ1) is 31.2. The molecule has 0 aliphatic carbocycles. The highest BCUT2D eigenvalue weighted by Crippen LogP contribution is 2.41. The highest BCUT2D eigenvalue weighted by atomic mass is 16.5. The Balaban J connectivity index is 1.10. The molecule has 0 saturated heterocycles. The van der Waals surface area contributed by atoms with Crippen LogP contribution < -0.4 is 15.4 Å². The van der Waals surface area contributed by atoms with Crippen LogP contribution in [0.5, 0.6) is 5.75 Å². The first-order valence-corrected chi connectivity index (χ1v) is 17.6. The molecule has 0 atom stereocenters. The minimum atomic E-state index is 0.449. The maximum absolute atomic E-state index is 6.57. The fourth-order valence-electron chi connectivity index (χ4n) is 7.19. The molecule has 0 radical (unpaired) electrons. The summed E-state index contributed by atoms with van der Waals surface area (Å²) in [5.41, 5.74) is 16.3. The molecule has 52 heavy (non-hydrogen) atoms. The predicted molar refractivity (Wildman–Crippen MR) is 220 cm³/mol. The summed E-state index contributed by atoms with van der Waals surface area (Å²) in [7, 11) is 0. The van der Waals surface area contributed by atoms with Gasteiger partial charge in [-0.15, -0.1) is 0 Å². The lowest BCUT2D eigenvalue weighted by atomic mass is 9.96. The molecule has 0 amide bonds. The molecule has 0 saturated carbocycles. The topological polar surface area (TPSA) is 38.5 Å². The highest BCUT2D eigenvalue weighted by Gasteiger charge is 2.16. The number of hydrogen-bond donors (Lipinski definition) is 1. The van der Waals surface area contributed by atoms with Crippen LogP contribution in [-0.2, 0) is 6.61 Å². The Kier molecular flexibility index (Phi) is 8.07. The smallest absolute Gasteiger partial charge is 0.151 e. The standard InChI is InChI=1S/C49H36N2O/c50-47-30-24-40-17-15-39-16-18-42(32-46(39)48(40)49(47)52-33-34-9-3-1-4-10-34)38-21-27-44(28-22-38)51(45-29-23-36-13-7-8-14-41(36)31-45)43-25-19-37(20-26-43)35-11-5-2-6-12-35/h1-32H,33,50H2. The highest BCUT2D eigenvalue weighted by molar-refractivity contribution is 6.13. The van der Waals surface area contributed by atoms with Crippen LogP contribution in [0.2, 0.25) is 0 Å². The number of hydrogen-bond acceptors (Lipinski definition) is 3. The molecule has 2 N–H and O–H groups in total. The van der Waals surface area contributed by atoms with E-state index >= 15 is 0 Å². The average Bonchev–Trinajstić information content (AvgIpc) is 3.21. The molecule has 0 bridgehead atoms. The van der Waals surface area contributed by atoms with E-state index in [9.17, 15) is 0 Å². The van der Waals surface area contributed by atoms with Gasteiger partial charge in [0.2, 0.25) is 0 Å². The van der Waals surface area contributed by atoms with Gasteiger partial charge in [-0.3, -0.25) is 0 Å². The third kappa shape index (κ3) is 5.99. The first-order valence-electron chi connectivity index (χ1n) is 17.6. The Labute approximate surface area is 303 Å². The largest absolute Gasteiger partial charge is 0.486 e. The second-order valence-electron chi connectivity index (χ2n) is 13.2. The van der Waals surface area contributed by atoms with Crippen LogP contribution in [0.4, 0.5) is 22.7 Å². The van der Waals surface area contributed by atoms with Crippen LogP contribution in [0, 0.1) is 0 Å². The molecule has 248 valence electrons. The first-order chi connectivity index (χ1) is 25.7. The second-order valence-corrected chi connectivity index (χ2v) is 13.2. The van der Waals surface area contributed by atoms with Crippen molar-refractivity contribution in [1.29, 1.82) is 0 Å². The lowest BCUT2D eigenvalue weighted by Crippen LogP contribution is -2.09. The molecule has 0 unspecified atom stereocenters. The summed E-state index contributed by atoms with van der Waals surface area (Å²) in [6, 6.07) is 68.6. The molecule has 3 heteroatoms. The summed E-state index contributed by atoms with van der Waals surface area (Å²) in [6.07, 6.45) is 0. The molecule has 0 aliphatic heterocycles. The summed E-state index contributed by atoms with van der Waals surface area (Å²) in [5, 5.41) is 6.82. The van der Waals surface area contributed by atoms with Gasteiger partial charge >= 0.3 is 0 Å². The Morgan fingerprint density at radius 1 is 0.404 bits per heavy atom. The van der Waals surface area contributed by atoms with Crippen molar-refractivity contribution >= 4 is 55.1 Å². The fourth-order valence-corrected chi connectivity index (χ4v) is 7.19. The van der Waals surface area contributed by atoms with Crippen molar-refractivity contribution < 1.29 is 4.74 Å². The van der Waals surface area contributed by atoms with Crippen LogP contribution in [0.25, 0.3) is 54.6 Å². The molecule has 9 aromatic rings. The zero-order chi connectivity index (χ0) is 34.9. The van der Waals surface area contributed by atoms with E-state index in [2.05, 4.69) is 175 Å². The molecule has 0 fully saturated rings. The summed E-state index contributed by atoms with van der Waals surface area (Å²) in [6.45, 7) is 0.449. The lowest BCUT2D eigenvalue weighted by Gasteiger charge is -2.26. The Morgan fingerprint density at radius 3 is 1.65 bits per heavy atom. The summed E-state index contributed by atoms with van der Waals surface area (Å²) >= 11 is 0. The van der Waals surface area contributed by atoms with E-state index in [0.717, 1.165) is 61.0 Å². The number of nitrogen functional groups attached to an aromatic ring is 1. The summed E-state index contributed by atoms with van der Waals surface area (Å²) in [4.78, 5) is 2.33. The maximum Gasteiger partial charge on any atom is 0.151 e. The number of benzene rings is 9. The quantitative estimate of drug-likeness (QED) is 0.129. The van der Waals surface area contributed by atoms with Gasteiger partial charge in [0.05, 0.1) is 5.69 Å². The van der Waals surface area contributed by atoms with Crippen molar-refractivity contribution in [3.63, 3.8) is 0 Å². The monoisotopic (exact) mass is 668 g/mol. The Morgan fingerprint density at radius 2 is 0.923 bits per heavy atom. The molecule has 0 aromatic heterocycles. The van der Waals surface area contributed by atoms with Crippen molar-refractivity contribution in [2.45, 2.75) is 6.61 Å². The summed E-state index contributed by atoms with van der Waals surface area (Å²) in [5.74, 6) is 0.726. The van der Waals surface area contributed by atoms with Crippen molar-refractivity contribution in [1.82, 2.24) is 0 Å². The van der Waals surface area contributed by atoms with E-state index in [1.165, 1.54) is 21.9 Å². The number of anilines is 4. The van der Waals surface area contributed by atoms with Gasteiger partial charge in [0, 0.05) is 22.4 Å². The molecule has 9 aromatic carbocycles. The van der Waals surface area contributed by atoms with Crippen LogP contribution in [-0.4, -0.2) is 0 Å². The maximum atomic E-state index is 6.57. The average molecular weight is 669 g/mol. The van der Waals surface area contributed by atoms with Crippen LogP contribution >= 0.6 is 0 Å². The number of fused-ring (bicyclic) bond motifs is 4. The molecule has 0 aliphatic rings. The predicted octanol–water partition coefficient (Wildman–Crippen LogP) is 13.1.